The summed E-state index contributed by atoms with van der Waals surface area (Å²) in [5, 5.41) is 3.86. The van der Waals surface area contributed by atoms with Crippen LogP contribution in [0.4, 0.5) is 0 Å². The number of hydrogen-bond donors (Lipinski definition) is 0. The van der Waals surface area contributed by atoms with Gasteiger partial charge in [-0.3, -0.25) is 9.34 Å². The van der Waals surface area contributed by atoms with Gasteiger partial charge in [-0.15, -0.1) is 0 Å². The van der Waals surface area contributed by atoms with Crippen molar-refractivity contribution < 1.29 is 0 Å². The fourth-order valence-corrected chi connectivity index (χ4v) is 14.7. The molecule has 0 spiro atoms. The second kappa shape index (κ2) is 6.93. The lowest BCUT2D eigenvalue weighted by Gasteiger charge is -2.60. The fourth-order valence-electron chi connectivity index (χ4n) is 9.18. The molecule has 8 atom stereocenters. The highest BCUT2D eigenvalue weighted by molar-refractivity contribution is 7.59. The predicted molar refractivity (Wildman–Crippen MR) is 141 cm³/mol. The van der Waals surface area contributed by atoms with Gasteiger partial charge in [-0.25, -0.2) is 0 Å². The molecule has 0 aromatic heterocycles. The summed E-state index contributed by atoms with van der Waals surface area (Å²) in [4.78, 5) is 0. The van der Waals surface area contributed by atoms with Gasteiger partial charge in [-0.2, -0.15) is 0 Å². The van der Waals surface area contributed by atoms with Crippen LogP contribution < -0.4 is 0 Å². The Morgan fingerprint density at radius 1 is 0.688 bits per heavy atom. The highest BCUT2D eigenvalue weighted by atomic mass is 31.1. The van der Waals surface area contributed by atoms with E-state index in [0.29, 0.717) is 35.0 Å². The Hall–Kier alpha value is 0.260. The molecule has 6 aliphatic carbocycles. The van der Waals surface area contributed by atoms with Gasteiger partial charge in [0.25, 0.3) is 0 Å². The quantitative estimate of drug-likeness (QED) is 0.386. The van der Waals surface area contributed by atoms with Gasteiger partial charge >= 0.3 is 0 Å². The molecule has 8 unspecified atom stereocenters. The van der Waals surface area contributed by atoms with E-state index < -0.39 is 0 Å². The van der Waals surface area contributed by atoms with Crippen molar-refractivity contribution in [2.45, 2.75) is 105 Å². The number of rotatable bonds is 3. The predicted octanol–water partition coefficient (Wildman–Crippen LogP) is 7.87. The van der Waals surface area contributed by atoms with E-state index >= 15 is 0 Å². The Morgan fingerprint density at radius 2 is 1.03 bits per heavy atom. The Bertz CT molecular complexity index is 838. The lowest BCUT2D eigenvalue weighted by Crippen LogP contribution is -2.58. The zero-order valence-electron chi connectivity index (χ0n) is 22.2. The SMILES string of the molecule is CC(C)N1C(C2C3=C(CC4CC3C4(C)C)P(C)N2C(C)C)C2=C(CC3CC2C3(C)C)P1C. The minimum Gasteiger partial charge on any atom is -0.267 e. The van der Waals surface area contributed by atoms with Gasteiger partial charge in [0, 0.05) is 12.1 Å². The van der Waals surface area contributed by atoms with E-state index in [-0.39, 0.29) is 16.1 Å². The van der Waals surface area contributed by atoms with Crippen LogP contribution in [0.3, 0.4) is 0 Å². The van der Waals surface area contributed by atoms with Gasteiger partial charge in [0.05, 0.1) is 12.1 Å². The van der Waals surface area contributed by atoms with E-state index in [1.807, 2.05) is 21.8 Å². The summed E-state index contributed by atoms with van der Waals surface area (Å²) in [6.45, 7) is 25.6. The highest BCUT2D eigenvalue weighted by Crippen LogP contribution is 2.76. The molecule has 0 amide bonds. The van der Waals surface area contributed by atoms with Crippen LogP contribution >= 0.6 is 16.1 Å². The van der Waals surface area contributed by atoms with Crippen molar-refractivity contribution in [3.8, 4) is 0 Å². The van der Waals surface area contributed by atoms with Crippen molar-refractivity contribution in [2.24, 2.45) is 34.5 Å². The van der Waals surface area contributed by atoms with Gasteiger partial charge in [0.15, 0.2) is 0 Å². The standard InChI is InChI=1S/C28H46N2P2/c1-15(2)29-25(23-19-11-17(27(19,5)6)13-21(23)31(29)9)26-24-20-12-18(28(20,7)8)14-22(24)32(10)30(26)16(3)4/h15-20,25-26H,11-14H2,1-10H3. The lowest BCUT2D eigenvalue weighted by molar-refractivity contribution is -0.0250. The topological polar surface area (TPSA) is 6.48 Å². The van der Waals surface area contributed by atoms with Crippen molar-refractivity contribution >= 4 is 16.1 Å². The maximum absolute atomic E-state index is 3.05. The lowest BCUT2D eigenvalue weighted by atomic mass is 9.46. The summed E-state index contributed by atoms with van der Waals surface area (Å²) in [6, 6.07) is 2.54. The minimum absolute atomic E-state index is 0.150. The summed E-state index contributed by atoms with van der Waals surface area (Å²) < 4.78 is 6.10. The molecule has 0 aromatic carbocycles. The summed E-state index contributed by atoms with van der Waals surface area (Å²) in [6.07, 6.45) is 5.74. The first-order valence-corrected chi connectivity index (χ1v) is 16.9. The van der Waals surface area contributed by atoms with Gasteiger partial charge in [0.1, 0.15) is 0 Å². The van der Waals surface area contributed by atoms with Gasteiger partial charge < -0.3 is 0 Å². The van der Waals surface area contributed by atoms with E-state index in [9.17, 15) is 0 Å². The van der Waals surface area contributed by atoms with Crippen molar-refractivity contribution in [3.63, 3.8) is 0 Å². The van der Waals surface area contributed by atoms with Crippen molar-refractivity contribution in [1.82, 2.24) is 9.34 Å². The molecule has 0 radical (unpaired) electrons. The third-order valence-electron chi connectivity index (χ3n) is 11.3. The van der Waals surface area contributed by atoms with Crippen LogP contribution in [-0.2, 0) is 0 Å². The minimum atomic E-state index is -0.150. The van der Waals surface area contributed by atoms with Gasteiger partial charge in [-0.05, 0) is 139 Å². The van der Waals surface area contributed by atoms with Crippen molar-refractivity contribution in [2.75, 3.05) is 13.3 Å². The molecule has 32 heavy (non-hydrogen) atoms. The largest absolute Gasteiger partial charge is 0.267 e. The van der Waals surface area contributed by atoms with E-state index in [1.54, 1.807) is 0 Å². The van der Waals surface area contributed by atoms with Crippen LogP contribution in [0.1, 0.15) is 81.1 Å². The van der Waals surface area contributed by atoms with Crippen LogP contribution in [0, 0.1) is 34.5 Å². The molecule has 0 aromatic rings. The first kappa shape index (κ1) is 22.7. The average molecular weight is 473 g/mol. The second-order valence-corrected chi connectivity index (χ2v) is 17.8. The zero-order valence-corrected chi connectivity index (χ0v) is 24.0. The molecule has 8 rings (SSSR count). The molecule has 178 valence electrons. The molecule has 0 N–H and O–H groups in total. The highest BCUT2D eigenvalue weighted by Gasteiger charge is 2.65. The Balaban J connectivity index is 1.52. The fraction of sp³-hybridized carbons (Fsp3) is 0.857. The van der Waals surface area contributed by atoms with Crippen LogP contribution in [0.5, 0.6) is 0 Å². The second-order valence-electron chi connectivity index (χ2n) is 13.7. The average Bonchev–Trinajstić information content (AvgIpc) is 3.19. The number of allylic oxidation sites excluding steroid dienone is 2. The van der Waals surface area contributed by atoms with E-state index in [0.717, 1.165) is 23.7 Å². The molecule has 4 bridgehead atoms. The van der Waals surface area contributed by atoms with Crippen LogP contribution in [0.25, 0.3) is 0 Å². The maximum Gasteiger partial charge on any atom is 0.0557 e. The van der Waals surface area contributed by atoms with Crippen LogP contribution in [0.15, 0.2) is 21.8 Å². The first-order chi connectivity index (χ1) is 14.9. The van der Waals surface area contributed by atoms with Gasteiger partial charge in [-0.1, -0.05) is 27.7 Å². The van der Waals surface area contributed by atoms with Crippen molar-refractivity contribution in [1.29, 1.82) is 0 Å². The van der Waals surface area contributed by atoms with Crippen LogP contribution in [0.2, 0.25) is 0 Å². The summed E-state index contributed by atoms with van der Waals surface area (Å²) >= 11 is 0. The van der Waals surface area contributed by atoms with Crippen LogP contribution in [-0.4, -0.2) is 46.8 Å². The molecule has 8 aliphatic rings. The summed E-state index contributed by atoms with van der Waals surface area (Å²) in [5.74, 6) is 3.55. The third-order valence-corrected chi connectivity index (χ3v) is 16.5. The smallest absolute Gasteiger partial charge is 0.0557 e. The molecule has 2 nitrogen and oxygen atoms in total. The molecular formula is C28H46N2P2. The molecule has 2 fully saturated rings. The Kier molecular flexibility index (Phi) is 4.92. The maximum atomic E-state index is 3.05. The van der Waals surface area contributed by atoms with E-state index in [1.165, 1.54) is 25.7 Å². The monoisotopic (exact) mass is 472 g/mol. The molecule has 2 heterocycles. The normalized spacial score (nSPS) is 46.5. The van der Waals surface area contributed by atoms with Crippen molar-refractivity contribution in [3.05, 3.63) is 21.8 Å². The summed E-state index contributed by atoms with van der Waals surface area (Å²) in [7, 11) is -0.300. The molecule has 4 heteroatoms. The van der Waals surface area contributed by atoms with E-state index in [4.69, 9.17) is 0 Å². The molecule has 2 aliphatic heterocycles. The number of hydrogen-bond acceptors (Lipinski definition) is 2. The Morgan fingerprint density at radius 3 is 1.31 bits per heavy atom. The summed E-state index contributed by atoms with van der Waals surface area (Å²) in [5.41, 5.74) is 4.94. The molecule has 2 saturated carbocycles. The third kappa shape index (κ3) is 2.58. The first-order valence-electron chi connectivity index (χ1n) is 13.4. The number of nitrogens with zero attached hydrogens (tertiary/aromatic N) is 2. The molecule has 0 saturated heterocycles. The zero-order chi connectivity index (χ0) is 23.1. The van der Waals surface area contributed by atoms with Gasteiger partial charge in [0.2, 0.25) is 0 Å². The Labute approximate surface area is 200 Å². The molecular weight excluding hydrogens is 426 g/mol. The van der Waals surface area contributed by atoms with E-state index in [2.05, 4.69) is 78.1 Å².